The molecule has 4 aromatic rings. The van der Waals surface area contributed by atoms with Crippen LogP contribution in [-0.2, 0) is 20.9 Å². The number of carbonyl (C=O) groups excluding carboxylic acids is 2. The monoisotopic (exact) mass is 529 g/mol. The predicted molar refractivity (Wildman–Crippen MR) is 147 cm³/mol. The first-order chi connectivity index (χ1) is 18.9. The summed E-state index contributed by atoms with van der Waals surface area (Å²) in [5.74, 6) is -1.21. The van der Waals surface area contributed by atoms with Gasteiger partial charge >= 0.3 is 0 Å². The molecule has 2 atom stereocenters. The first-order valence-corrected chi connectivity index (χ1v) is 13.3. The Morgan fingerprint density at radius 3 is 2.54 bits per heavy atom. The average Bonchev–Trinajstić information content (AvgIpc) is 3.61. The zero-order chi connectivity index (χ0) is 27.4. The molecule has 2 heterocycles. The van der Waals surface area contributed by atoms with Crippen LogP contribution >= 0.6 is 0 Å². The highest BCUT2D eigenvalue weighted by Crippen LogP contribution is 2.31. The van der Waals surface area contributed by atoms with Gasteiger partial charge in [0.05, 0.1) is 11.6 Å². The van der Waals surface area contributed by atoms with Crippen molar-refractivity contribution in [1.29, 1.82) is 0 Å². The topological polar surface area (TPSA) is 89.4 Å². The summed E-state index contributed by atoms with van der Waals surface area (Å²) in [5.41, 5.74) is 3.00. The summed E-state index contributed by atoms with van der Waals surface area (Å²) in [5, 5.41) is 11.2. The summed E-state index contributed by atoms with van der Waals surface area (Å²) >= 11 is 0. The maximum Gasteiger partial charge on any atom is 0.249 e. The molecule has 0 saturated carbocycles. The van der Waals surface area contributed by atoms with E-state index in [4.69, 9.17) is 4.74 Å². The number of nitrogens with zero attached hydrogens (tertiary/aromatic N) is 4. The Labute approximate surface area is 226 Å². The lowest BCUT2D eigenvalue weighted by molar-refractivity contribution is -0.127. The number of fused-ring (bicyclic) bond motifs is 1. The summed E-state index contributed by atoms with van der Waals surface area (Å²) in [7, 11) is 0. The highest BCUT2D eigenvalue weighted by Gasteiger charge is 2.35. The molecular weight excluding hydrogens is 497 g/mol. The Balaban J connectivity index is 1.55. The van der Waals surface area contributed by atoms with E-state index < -0.39 is 23.7 Å². The summed E-state index contributed by atoms with van der Waals surface area (Å²) in [6.07, 6.45) is 1.66. The number of halogens is 1. The molecule has 2 amide bonds. The zero-order valence-electron chi connectivity index (χ0n) is 22.1. The number of aromatic nitrogens is 3. The van der Waals surface area contributed by atoms with Gasteiger partial charge in [0, 0.05) is 24.4 Å². The number of hydrogen-bond acceptors (Lipinski definition) is 5. The lowest BCUT2D eigenvalue weighted by atomic mass is 10.00. The van der Waals surface area contributed by atoms with Crippen LogP contribution < -0.4 is 10.2 Å². The standard InChI is InChI=1S/C30H32FN5O3/c1-20(2)21-13-15-22(16-14-21)36(28(37)19-35-27-12-6-5-11-26(27)33-34-35)29(24-9-3-4-10-25(24)31)30(38)32-18-23-8-7-17-39-23/h3-6,9-16,20,23,29H,7-8,17-19H2,1-2H3,(H,32,38). The fourth-order valence-electron chi connectivity index (χ4n) is 4.91. The Hall–Kier alpha value is -4.11. The molecule has 8 nitrogen and oxygen atoms in total. The second kappa shape index (κ2) is 11.7. The smallest absolute Gasteiger partial charge is 0.249 e. The van der Waals surface area contributed by atoms with Crippen LogP contribution in [0.2, 0.25) is 0 Å². The predicted octanol–water partition coefficient (Wildman–Crippen LogP) is 4.76. The van der Waals surface area contributed by atoms with Crippen molar-refractivity contribution < 1.29 is 18.7 Å². The van der Waals surface area contributed by atoms with Crippen molar-refractivity contribution in [1.82, 2.24) is 20.3 Å². The van der Waals surface area contributed by atoms with Gasteiger partial charge in [0.25, 0.3) is 0 Å². The Morgan fingerprint density at radius 2 is 1.82 bits per heavy atom. The molecule has 1 fully saturated rings. The van der Waals surface area contributed by atoms with Gasteiger partial charge in [-0.15, -0.1) is 5.10 Å². The van der Waals surface area contributed by atoms with Gasteiger partial charge < -0.3 is 10.1 Å². The van der Waals surface area contributed by atoms with Crippen LogP contribution in [0.15, 0.2) is 72.8 Å². The lowest BCUT2D eigenvalue weighted by Gasteiger charge is -2.32. The molecule has 1 aliphatic heterocycles. The molecular formula is C30H32FN5O3. The van der Waals surface area contributed by atoms with Gasteiger partial charge in [-0.05, 0) is 54.7 Å². The van der Waals surface area contributed by atoms with E-state index in [-0.39, 0.29) is 30.7 Å². The van der Waals surface area contributed by atoms with Crippen molar-refractivity contribution in [2.45, 2.75) is 51.3 Å². The third-order valence-electron chi connectivity index (χ3n) is 7.05. The van der Waals surface area contributed by atoms with E-state index in [1.807, 2.05) is 36.4 Å². The minimum Gasteiger partial charge on any atom is -0.376 e. The number of ether oxygens (including phenoxy) is 1. The molecule has 0 spiro atoms. The van der Waals surface area contributed by atoms with Crippen molar-refractivity contribution in [2.24, 2.45) is 0 Å². The van der Waals surface area contributed by atoms with E-state index in [0.29, 0.717) is 23.3 Å². The van der Waals surface area contributed by atoms with E-state index in [9.17, 15) is 9.59 Å². The average molecular weight is 530 g/mol. The van der Waals surface area contributed by atoms with Crippen LogP contribution in [0.5, 0.6) is 0 Å². The third-order valence-corrected chi connectivity index (χ3v) is 7.05. The first kappa shape index (κ1) is 26.5. The van der Waals surface area contributed by atoms with E-state index in [2.05, 4.69) is 29.5 Å². The molecule has 39 heavy (non-hydrogen) atoms. The maximum absolute atomic E-state index is 15.3. The van der Waals surface area contributed by atoms with Crippen molar-refractivity contribution in [3.63, 3.8) is 0 Å². The molecule has 1 aliphatic rings. The lowest BCUT2D eigenvalue weighted by Crippen LogP contribution is -2.47. The van der Waals surface area contributed by atoms with E-state index in [1.165, 1.54) is 15.6 Å². The number of carbonyl (C=O) groups is 2. The van der Waals surface area contributed by atoms with Gasteiger partial charge in [-0.25, -0.2) is 9.07 Å². The number of rotatable bonds is 9. The minimum atomic E-state index is -1.25. The normalized spacial score (nSPS) is 15.9. The van der Waals surface area contributed by atoms with Crippen LogP contribution in [-0.4, -0.2) is 46.1 Å². The van der Waals surface area contributed by atoms with Crippen LogP contribution in [0.25, 0.3) is 11.0 Å². The van der Waals surface area contributed by atoms with E-state index >= 15 is 4.39 Å². The molecule has 1 N–H and O–H groups in total. The van der Waals surface area contributed by atoms with Gasteiger partial charge in [0.1, 0.15) is 23.9 Å². The summed E-state index contributed by atoms with van der Waals surface area (Å²) in [4.78, 5) is 29.2. The Morgan fingerprint density at radius 1 is 1.08 bits per heavy atom. The number of para-hydroxylation sites is 1. The number of hydrogen-bond donors (Lipinski definition) is 1. The maximum atomic E-state index is 15.3. The second-order valence-corrected chi connectivity index (χ2v) is 10.1. The number of nitrogens with one attached hydrogen (secondary N) is 1. The summed E-state index contributed by atoms with van der Waals surface area (Å²) < 4.78 is 22.4. The first-order valence-electron chi connectivity index (χ1n) is 13.3. The third kappa shape index (κ3) is 5.83. The molecule has 1 saturated heterocycles. The molecule has 0 bridgehead atoms. The summed E-state index contributed by atoms with van der Waals surface area (Å²) in [6, 6.07) is 19.6. The highest BCUT2D eigenvalue weighted by molar-refractivity contribution is 6.01. The zero-order valence-corrected chi connectivity index (χ0v) is 22.1. The number of anilines is 1. The van der Waals surface area contributed by atoms with Gasteiger partial charge in [-0.3, -0.25) is 14.5 Å². The SMILES string of the molecule is CC(C)c1ccc(N(C(=O)Cn2nnc3ccccc32)C(C(=O)NCC2CCCO2)c2ccccc2F)cc1. The summed E-state index contributed by atoms with van der Waals surface area (Å²) in [6.45, 7) is 4.90. The second-order valence-electron chi connectivity index (χ2n) is 10.1. The van der Waals surface area contributed by atoms with Gasteiger partial charge in [0.2, 0.25) is 11.8 Å². The molecule has 0 aliphatic carbocycles. The molecule has 2 unspecified atom stereocenters. The Kier molecular flexibility index (Phi) is 7.97. The quantitative estimate of drug-likeness (QED) is 0.338. The van der Waals surface area contributed by atoms with Crippen molar-refractivity contribution in [2.75, 3.05) is 18.1 Å². The number of amides is 2. The highest BCUT2D eigenvalue weighted by atomic mass is 19.1. The Bertz CT molecular complexity index is 1450. The molecule has 1 aromatic heterocycles. The van der Waals surface area contributed by atoms with Gasteiger partial charge in [0.15, 0.2) is 0 Å². The van der Waals surface area contributed by atoms with Gasteiger partial charge in [-0.2, -0.15) is 0 Å². The van der Waals surface area contributed by atoms with Crippen molar-refractivity contribution in [3.8, 4) is 0 Å². The van der Waals surface area contributed by atoms with Crippen molar-refractivity contribution in [3.05, 3.63) is 89.7 Å². The fourth-order valence-corrected chi connectivity index (χ4v) is 4.91. The number of benzene rings is 3. The van der Waals surface area contributed by atoms with Gasteiger partial charge in [-0.1, -0.05) is 61.5 Å². The van der Waals surface area contributed by atoms with Crippen LogP contribution in [0.1, 0.15) is 49.8 Å². The molecule has 5 rings (SSSR count). The van der Waals surface area contributed by atoms with E-state index in [1.54, 1.807) is 30.3 Å². The fraction of sp³-hybridized carbons (Fsp3) is 0.333. The molecule has 9 heteroatoms. The largest absolute Gasteiger partial charge is 0.376 e. The molecule has 202 valence electrons. The van der Waals surface area contributed by atoms with Crippen LogP contribution in [0.3, 0.4) is 0 Å². The van der Waals surface area contributed by atoms with E-state index in [0.717, 1.165) is 18.4 Å². The molecule has 3 aromatic carbocycles. The minimum absolute atomic E-state index is 0.104. The van der Waals surface area contributed by atoms with Crippen LogP contribution in [0, 0.1) is 5.82 Å². The molecule has 0 radical (unpaired) electrons. The van der Waals surface area contributed by atoms with Crippen molar-refractivity contribution >= 4 is 28.5 Å². The van der Waals surface area contributed by atoms with Crippen LogP contribution in [0.4, 0.5) is 10.1 Å².